The highest BCUT2D eigenvalue weighted by molar-refractivity contribution is 7.92. The van der Waals surface area contributed by atoms with Crippen LogP contribution in [0.25, 0.3) is 0 Å². The third-order valence-corrected chi connectivity index (χ3v) is 5.66. The molecule has 0 saturated carbocycles. The molecule has 4 heteroatoms. The van der Waals surface area contributed by atoms with Crippen LogP contribution in [-0.4, -0.2) is 24.4 Å². The van der Waals surface area contributed by atoms with Crippen LogP contribution < -0.4 is 0 Å². The Morgan fingerprint density at radius 3 is 2.30 bits per heavy atom. The van der Waals surface area contributed by atoms with Crippen molar-refractivity contribution in [3.63, 3.8) is 0 Å². The second-order valence-corrected chi connectivity index (χ2v) is 7.27. The zero-order valence-electron chi connectivity index (χ0n) is 12.0. The molecule has 0 aliphatic rings. The molecular formula is C16H22O3S. The lowest BCUT2D eigenvalue weighted by molar-refractivity contribution is 0.0581. The molecule has 1 rings (SSSR count). The van der Waals surface area contributed by atoms with Gasteiger partial charge < -0.3 is 5.11 Å². The van der Waals surface area contributed by atoms with Gasteiger partial charge in [-0.25, -0.2) is 8.42 Å². The lowest BCUT2D eigenvalue weighted by Crippen LogP contribution is -2.43. The van der Waals surface area contributed by atoms with Crippen molar-refractivity contribution in [2.45, 2.75) is 42.4 Å². The Morgan fingerprint density at radius 2 is 1.85 bits per heavy atom. The minimum Gasteiger partial charge on any atom is -0.388 e. The number of rotatable bonds is 7. The summed E-state index contributed by atoms with van der Waals surface area (Å²) in [6, 6.07) is 6.60. The Kier molecular flexibility index (Phi) is 5.31. The maximum atomic E-state index is 12.6. The first kappa shape index (κ1) is 16.7. The van der Waals surface area contributed by atoms with Crippen molar-refractivity contribution >= 4 is 9.84 Å². The Hall–Kier alpha value is -1.39. The van der Waals surface area contributed by atoms with Gasteiger partial charge in [0.1, 0.15) is 5.25 Å². The monoisotopic (exact) mass is 294 g/mol. The molecule has 0 aromatic heterocycles. The van der Waals surface area contributed by atoms with E-state index in [2.05, 4.69) is 13.2 Å². The van der Waals surface area contributed by atoms with Crippen LogP contribution in [0.4, 0.5) is 0 Å². The van der Waals surface area contributed by atoms with E-state index in [1.807, 2.05) is 6.92 Å². The maximum Gasteiger partial charge on any atom is 0.187 e. The van der Waals surface area contributed by atoms with Gasteiger partial charge >= 0.3 is 0 Å². The number of aliphatic hydroxyl groups is 1. The molecule has 1 aromatic carbocycles. The predicted molar refractivity (Wildman–Crippen MR) is 82.4 cm³/mol. The average Bonchev–Trinajstić information content (AvgIpc) is 2.37. The van der Waals surface area contributed by atoms with Crippen LogP contribution in [0.5, 0.6) is 0 Å². The molecular weight excluding hydrogens is 272 g/mol. The van der Waals surface area contributed by atoms with Gasteiger partial charge in [0.05, 0.1) is 10.5 Å². The first-order chi connectivity index (χ1) is 9.25. The number of aryl methyl sites for hydroxylation is 1. The van der Waals surface area contributed by atoms with E-state index in [0.717, 1.165) is 5.56 Å². The molecule has 0 unspecified atom stereocenters. The largest absolute Gasteiger partial charge is 0.388 e. The summed E-state index contributed by atoms with van der Waals surface area (Å²) in [5, 5.41) is 9.41. The number of benzene rings is 1. The van der Waals surface area contributed by atoms with Gasteiger partial charge in [0, 0.05) is 0 Å². The highest BCUT2D eigenvalue weighted by Gasteiger charge is 2.39. The molecule has 0 bridgehead atoms. The molecule has 1 aromatic rings. The van der Waals surface area contributed by atoms with E-state index in [1.165, 1.54) is 13.0 Å². The Morgan fingerprint density at radius 1 is 1.30 bits per heavy atom. The summed E-state index contributed by atoms with van der Waals surface area (Å²) in [6.45, 7) is 10.6. The Balaban J connectivity index is 3.19. The van der Waals surface area contributed by atoms with Crippen molar-refractivity contribution in [3.05, 3.63) is 55.1 Å². The summed E-state index contributed by atoms with van der Waals surface area (Å²) >= 11 is 0. The molecule has 0 aliphatic carbocycles. The smallest absolute Gasteiger partial charge is 0.187 e. The van der Waals surface area contributed by atoms with Gasteiger partial charge in [0.2, 0.25) is 0 Å². The van der Waals surface area contributed by atoms with Gasteiger partial charge in [-0.15, -0.1) is 13.2 Å². The highest BCUT2D eigenvalue weighted by Crippen LogP contribution is 2.29. The van der Waals surface area contributed by atoms with Crippen molar-refractivity contribution in [2.75, 3.05) is 0 Å². The SMILES string of the molecule is C=CCC[C@](C)(O)[C@@H](C=C)S(=O)(=O)c1ccc(C)cc1. The summed E-state index contributed by atoms with van der Waals surface area (Å²) in [7, 11) is -3.66. The molecule has 3 nitrogen and oxygen atoms in total. The van der Waals surface area contributed by atoms with E-state index < -0.39 is 20.7 Å². The molecule has 0 heterocycles. The molecule has 0 amide bonds. The van der Waals surface area contributed by atoms with Gasteiger partial charge in [-0.1, -0.05) is 29.8 Å². The zero-order valence-corrected chi connectivity index (χ0v) is 12.9. The van der Waals surface area contributed by atoms with Crippen LogP contribution in [0.15, 0.2) is 54.5 Å². The van der Waals surface area contributed by atoms with E-state index in [0.29, 0.717) is 12.8 Å². The van der Waals surface area contributed by atoms with Crippen LogP contribution in [0.3, 0.4) is 0 Å². The van der Waals surface area contributed by atoms with Gasteiger partial charge in [-0.3, -0.25) is 0 Å². The fourth-order valence-electron chi connectivity index (χ4n) is 2.13. The summed E-state index contributed by atoms with van der Waals surface area (Å²) in [4.78, 5) is 0.201. The van der Waals surface area contributed by atoms with Crippen molar-refractivity contribution in [3.8, 4) is 0 Å². The maximum absolute atomic E-state index is 12.6. The van der Waals surface area contributed by atoms with Crippen LogP contribution >= 0.6 is 0 Å². The first-order valence-electron chi connectivity index (χ1n) is 6.52. The number of sulfone groups is 1. The second kappa shape index (κ2) is 6.37. The fraction of sp³-hybridized carbons (Fsp3) is 0.375. The zero-order chi connectivity index (χ0) is 15.4. The van der Waals surface area contributed by atoms with E-state index in [4.69, 9.17) is 0 Å². The molecule has 0 aliphatic heterocycles. The van der Waals surface area contributed by atoms with Crippen molar-refractivity contribution in [1.82, 2.24) is 0 Å². The number of hydrogen-bond acceptors (Lipinski definition) is 3. The average molecular weight is 294 g/mol. The summed E-state index contributed by atoms with van der Waals surface area (Å²) in [6.07, 6.45) is 3.82. The molecule has 2 atom stereocenters. The lowest BCUT2D eigenvalue weighted by Gasteiger charge is -2.30. The van der Waals surface area contributed by atoms with Crippen LogP contribution in [0.2, 0.25) is 0 Å². The number of allylic oxidation sites excluding steroid dienone is 1. The summed E-state index contributed by atoms with van der Waals surface area (Å²) < 4.78 is 25.3. The molecule has 0 fully saturated rings. The third kappa shape index (κ3) is 3.58. The van der Waals surface area contributed by atoms with Gasteiger partial charge in [0.25, 0.3) is 0 Å². The van der Waals surface area contributed by atoms with E-state index in [1.54, 1.807) is 30.3 Å². The van der Waals surface area contributed by atoms with Gasteiger partial charge in [-0.2, -0.15) is 0 Å². The van der Waals surface area contributed by atoms with E-state index in [-0.39, 0.29) is 4.90 Å². The first-order valence-corrected chi connectivity index (χ1v) is 8.06. The van der Waals surface area contributed by atoms with Crippen LogP contribution in [0.1, 0.15) is 25.3 Å². The van der Waals surface area contributed by atoms with Crippen molar-refractivity contribution < 1.29 is 13.5 Å². The minimum absolute atomic E-state index is 0.201. The fourth-order valence-corrected chi connectivity index (χ4v) is 3.97. The summed E-state index contributed by atoms with van der Waals surface area (Å²) in [5.41, 5.74) is -0.392. The normalized spacial score (nSPS) is 16.1. The van der Waals surface area contributed by atoms with Crippen LogP contribution in [0, 0.1) is 6.92 Å². The molecule has 0 radical (unpaired) electrons. The molecule has 20 heavy (non-hydrogen) atoms. The Bertz CT molecular complexity index is 568. The van der Waals surface area contributed by atoms with Crippen LogP contribution in [-0.2, 0) is 9.84 Å². The van der Waals surface area contributed by atoms with Gasteiger partial charge in [-0.05, 0) is 38.8 Å². The van der Waals surface area contributed by atoms with E-state index >= 15 is 0 Å². The standard InChI is InChI=1S/C16H22O3S/c1-5-7-12-16(4,17)15(6-2)20(18,19)14-10-8-13(3)9-11-14/h5-6,8-11,15,17H,1-2,7,12H2,3-4H3/t15-,16+/m1/s1. The predicted octanol–water partition coefficient (Wildman–Crippen LogP) is 3.04. The lowest BCUT2D eigenvalue weighted by atomic mass is 9.96. The molecule has 0 spiro atoms. The van der Waals surface area contributed by atoms with Crippen molar-refractivity contribution in [1.29, 1.82) is 0 Å². The third-order valence-electron chi connectivity index (χ3n) is 3.37. The van der Waals surface area contributed by atoms with E-state index in [9.17, 15) is 13.5 Å². The number of hydrogen-bond donors (Lipinski definition) is 1. The second-order valence-electron chi connectivity index (χ2n) is 5.20. The minimum atomic E-state index is -3.66. The molecule has 1 N–H and O–H groups in total. The molecule has 0 saturated heterocycles. The topological polar surface area (TPSA) is 54.4 Å². The van der Waals surface area contributed by atoms with Crippen molar-refractivity contribution in [2.24, 2.45) is 0 Å². The van der Waals surface area contributed by atoms with Gasteiger partial charge in [0.15, 0.2) is 9.84 Å². The highest BCUT2D eigenvalue weighted by atomic mass is 32.2. The molecule has 110 valence electrons. The summed E-state index contributed by atoms with van der Waals surface area (Å²) in [5.74, 6) is 0. The Labute approximate surface area is 121 Å². The quantitative estimate of drug-likeness (QED) is 0.786.